The minimum Gasteiger partial charge on any atom is -0.383 e. The predicted molar refractivity (Wildman–Crippen MR) is 121 cm³/mol. The fraction of sp³-hybridized carbons (Fsp3) is 0.200. The van der Waals surface area contributed by atoms with Gasteiger partial charge < -0.3 is 10.6 Å². The van der Waals surface area contributed by atoms with Crippen molar-refractivity contribution in [1.82, 2.24) is 5.32 Å². The van der Waals surface area contributed by atoms with Crippen molar-refractivity contribution in [3.05, 3.63) is 89.1 Å². The number of rotatable bonds is 5. The van der Waals surface area contributed by atoms with Gasteiger partial charge in [-0.25, -0.2) is 0 Å². The second-order valence-corrected chi connectivity index (χ2v) is 7.20. The number of Topliss-reactive ketones (excluding diaryl/α,β-unsaturated/α-hetero) is 1. The lowest BCUT2D eigenvalue weighted by molar-refractivity contribution is 0.0994. The van der Waals surface area contributed by atoms with Crippen LogP contribution in [0.5, 0.6) is 0 Å². The van der Waals surface area contributed by atoms with Crippen molar-refractivity contribution >= 4 is 28.8 Å². The highest BCUT2D eigenvalue weighted by Crippen LogP contribution is 2.29. The van der Waals surface area contributed by atoms with E-state index in [1.807, 2.05) is 61.8 Å². The van der Waals surface area contributed by atoms with Crippen LogP contribution in [-0.2, 0) is 0 Å². The minimum absolute atomic E-state index is 0.128. The van der Waals surface area contributed by atoms with Crippen LogP contribution in [0, 0.1) is 0 Å². The van der Waals surface area contributed by atoms with E-state index in [4.69, 9.17) is 4.99 Å². The summed E-state index contributed by atoms with van der Waals surface area (Å²) in [6, 6.07) is 16.2. The Bertz CT molecular complexity index is 1030. The molecule has 1 aliphatic heterocycles. The van der Waals surface area contributed by atoms with E-state index in [1.165, 1.54) is 0 Å². The number of fused-ring (bicyclic) bond motifs is 2. The first kappa shape index (κ1) is 19.1. The Labute approximate surface area is 171 Å². The second-order valence-electron chi connectivity index (χ2n) is 7.20. The maximum absolute atomic E-state index is 13.1. The van der Waals surface area contributed by atoms with E-state index in [0.717, 1.165) is 58.7 Å². The molecule has 0 bridgehead atoms. The number of hydrogen-bond acceptors (Lipinski definition) is 4. The zero-order valence-electron chi connectivity index (χ0n) is 16.6. The summed E-state index contributed by atoms with van der Waals surface area (Å²) < 4.78 is 0. The summed E-state index contributed by atoms with van der Waals surface area (Å²) in [6.07, 6.45) is 9.26. The molecule has 0 saturated carbocycles. The van der Waals surface area contributed by atoms with Crippen molar-refractivity contribution in [3.8, 4) is 0 Å². The van der Waals surface area contributed by atoms with Crippen molar-refractivity contribution in [2.75, 3.05) is 25.5 Å². The molecule has 0 radical (unpaired) electrons. The smallest absolute Gasteiger partial charge is 0.167 e. The molecule has 146 valence electrons. The summed E-state index contributed by atoms with van der Waals surface area (Å²) in [5.74, 6) is 0.128. The maximum atomic E-state index is 13.1. The Morgan fingerprint density at radius 2 is 1.83 bits per heavy atom. The molecule has 0 unspecified atom stereocenters. The number of likely N-dealkylation sites (N-methyl/N-ethyl adjacent to an activating group) is 1. The van der Waals surface area contributed by atoms with Crippen LogP contribution in [-0.4, -0.2) is 31.6 Å². The Morgan fingerprint density at radius 1 is 0.966 bits per heavy atom. The van der Waals surface area contributed by atoms with Crippen LogP contribution in [0.4, 0.5) is 5.69 Å². The summed E-state index contributed by atoms with van der Waals surface area (Å²) in [5, 5.41) is 6.55. The van der Waals surface area contributed by atoms with Crippen LogP contribution in [0.25, 0.3) is 11.6 Å². The molecule has 29 heavy (non-hydrogen) atoms. The van der Waals surface area contributed by atoms with Crippen molar-refractivity contribution in [3.63, 3.8) is 0 Å². The fourth-order valence-electron chi connectivity index (χ4n) is 3.67. The Hall–Kier alpha value is -3.24. The summed E-state index contributed by atoms with van der Waals surface area (Å²) in [7, 11) is 1.93. The van der Waals surface area contributed by atoms with Gasteiger partial charge >= 0.3 is 0 Å². The van der Waals surface area contributed by atoms with E-state index in [-0.39, 0.29) is 5.78 Å². The Morgan fingerprint density at radius 3 is 2.66 bits per heavy atom. The number of aliphatic imine (C=N–C) groups is 1. The number of carbonyl (C=O) groups excluding carboxylic acids is 1. The molecule has 1 heterocycles. The molecule has 2 aromatic rings. The van der Waals surface area contributed by atoms with Gasteiger partial charge in [-0.2, -0.15) is 0 Å². The highest BCUT2D eigenvalue weighted by atomic mass is 16.1. The topological polar surface area (TPSA) is 53.5 Å². The van der Waals surface area contributed by atoms with Gasteiger partial charge in [-0.3, -0.25) is 9.79 Å². The number of ketones is 1. The van der Waals surface area contributed by atoms with Crippen molar-refractivity contribution in [2.24, 2.45) is 4.99 Å². The average molecular weight is 383 g/mol. The van der Waals surface area contributed by atoms with Crippen molar-refractivity contribution in [1.29, 1.82) is 0 Å². The number of anilines is 1. The standard InChI is InChI=1S/C25H25N3O/c1-26-14-15-27-24-9-5-8-22-21(24)12-13-23-19(16-25(22)29)10-11-20(17-28-23)18-6-3-2-4-7-18/h2-10,12-13,17,26-27H,11,14-16H2,1H3/b13-12-. The number of benzene rings is 2. The molecular formula is C25H25N3O. The predicted octanol–water partition coefficient (Wildman–Crippen LogP) is 4.73. The number of nitrogens with zero attached hydrogens (tertiary/aromatic N) is 1. The Balaban J connectivity index is 1.69. The zero-order valence-corrected chi connectivity index (χ0v) is 16.6. The molecule has 4 heteroatoms. The minimum atomic E-state index is 0.128. The first-order valence-electron chi connectivity index (χ1n) is 10.0. The lowest BCUT2D eigenvalue weighted by Gasteiger charge is -2.16. The van der Waals surface area contributed by atoms with Gasteiger partial charge in [0.2, 0.25) is 0 Å². The van der Waals surface area contributed by atoms with Gasteiger partial charge in [0.15, 0.2) is 5.78 Å². The third kappa shape index (κ3) is 4.28. The molecule has 2 N–H and O–H groups in total. The summed E-state index contributed by atoms with van der Waals surface area (Å²) in [5.41, 5.74) is 6.85. The van der Waals surface area contributed by atoms with E-state index < -0.39 is 0 Å². The van der Waals surface area contributed by atoms with Crippen LogP contribution in [0.3, 0.4) is 0 Å². The zero-order chi connectivity index (χ0) is 20.1. The van der Waals surface area contributed by atoms with Gasteiger partial charge in [0.25, 0.3) is 0 Å². The van der Waals surface area contributed by atoms with Gasteiger partial charge in [0.1, 0.15) is 0 Å². The number of hydrogen-bond donors (Lipinski definition) is 2. The monoisotopic (exact) mass is 383 g/mol. The van der Waals surface area contributed by atoms with Crippen molar-refractivity contribution in [2.45, 2.75) is 12.8 Å². The van der Waals surface area contributed by atoms with Crippen LogP contribution >= 0.6 is 0 Å². The molecule has 0 saturated heterocycles. The van der Waals surface area contributed by atoms with Gasteiger partial charge in [-0.15, -0.1) is 0 Å². The molecule has 0 spiro atoms. The molecule has 2 aliphatic rings. The molecular weight excluding hydrogens is 358 g/mol. The first-order chi connectivity index (χ1) is 14.3. The fourth-order valence-corrected chi connectivity index (χ4v) is 3.67. The molecule has 0 atom stereocenters. The third-order valence-electron chi connectivity index (χ3n) is 5.26. The lowest BCUT2D eigenvalue weighted by atomic mass is 9.91. The second kappa shape index (κ2) is 8.84. The molecule has 2 aromatic carbocycles. The number of allylic oxidation sites excluding steroid dienone is 4. The number of nitrogens with one attached hydrogen (secondary N) is 2. The normalized spacial score (nSPS) is 16.9. The van der Waals surface area contributed by atoms with E-state index in [9.17, 15) is 4.79 Å². The van der Waals surface area contributed by atoms with Gasteiger partial charge in [0.05, 0.1) is 5.71 Å². The first-order valence-corrected chi connectivity index (χ1v) is 10.0. The van der Waals surface area contributed by atoms with Crippen molar-refractivity contribution < 1.29 is 4.79 Å². The van der Waals surface area contributed by atoms with Gasteiger partial charge in [0, 0.05) is 42.5 Å². The van der Waals surface area contributed by atoms with E-state index in [2.05, 4.69) is 28.8 Å². The number of carbonyl (C=O) groups is 1. The van der Waals surface area contributed by atoms with Gasteiger partial charge in [-0.1, -0.05) is 54.6 Å². The van der Waals surface area contributed by atoms with Gasteiger partial charge in [-0.05, 0) is 42.3 Å². The lowest BCUT2D eigenvalue weighted by Crippen LogP contribution is -2.19. The van der Waals surface area contributed by atoms with E-state index >= 15 is 0 Å². The van der Waals surface area contributed by atoms with E-state index in [0.29, 0.717) is 6.42 Å². The van der Waals surface area contributed by atoms with E-state index in [1.54, 1.807) is 0 Å². The quantitative estimate of drug-likeness (QED) is 0.734. The molecule has 4 rings (SSSR count). The van der Waals surface area contributed by atoms with Crippen LogP contribution in [0.2, 0.25) is 0 Å². The molecule has 0 fully saturated rings. The summed E-state index contributed by atoms with van der Waals surface area (Å²) in [4.78, 5) is 17.8. The highest BCUT2D eigenvalue weighted by Gasteiger charge is 2.20. The molecule has 1 aliphatic carbocycles. The highest BCUT2D eigenvalue weighted by molar-refractivity contribution is 6.18. The summed E-state index contributed by atoms with van der Waals surface area (Å²) in [6.45, 7) is 1.65. The molecule has 4 nitrogen and oxygen atoms in total. The molecule has 0 amide bonds. The van der Waals surface area contributed by atoms with Crippen LogP contribution in [0.1, 0.15) is 34.3 Å². The third-order valence-corrected chi connectivity index (χ3v) is 5.26. The largest absolute Gasteiger partial charge is 0.383 e. The summed E-state index contributed by atoms with van der Waals surface area (Å²) >= 11 is 0. The average Bonchev–Trinajstić information content (AvgIpc) is 2.94. The maximum Gasteiger partial charge on any atom is 0.167 e. The molecule has 0 aromatic heterocycles. The van der Waals surface area contributed by atoms with Crippen LogP contribution in [0.15, 0.2) is 77.4 Å². The van der Waals surface area contributed by atoms with Crippen LogP contribution < -0.4 is 10.6 Å². The Kier molecular flexibility index (Phi) is 5.82. The SMILES string of the molecule is CNCCNc1cccc2c1/C=C\C1=NC=C(c3ccccc3)CC=C1CC2=O.